The van der Waals surface area contributed by atoms with E-state index in [1.807, 2.05) is 30.3 Å². The Bertz CT molecular complexity index is 678. The van der Waals surface area contributed by atoms with Crippen LogP contribution in [0.15, 0.2) is 54.6 Å². The molecule has 0 saturated carbocycles. The van der Waals surface area contributed by atoms with E-state index in [2.05, 4.69) is 0 Å². The highest BCUT2D eigenvalue weighted by Crippen LogP contribution is 2.17. The summed E-state index contributed by atoms with van der Waals surface area (Å²) in [5.74, 6) is -0.365. The summed E-state index contributed by atoms with van der Waals surface area (Å²) in [5.41, 5.74) is 1.44. The monoisotopic (exact) mass is 312 g/mol. The summed E-state index contributed by atoms with van der Waals surface area (Å²) in [5, 5.41) is 0. The van der Waals surface area contributed by atoms with E-state index in [9.17, 15) is 9.59 Å². The molecule has 118 valence electrons. The molecular formula is C18H16O5. The third-order valence-electron chi connectivity index (χ3n) is 3.47. The Morgan fingerprint density at radius 3 is 2.48 bits per heavy atom. The van der Waals surface area contributed by atoms with Crippen LogP contribution in [0.5, 0.6) is 5.75 Å². The minimum Gasteiger partial charge on any atom is -0.489 e. The molecule has 0 amide bonds. The molecule has 5 heteroatoms. The van der Waals surface area contributed by atoms with Crippen molar-refractivity contribution in [1.29, 1.82) is 0 Å². The molecule has 0 unspecified atom stereocenters. The summed E-state index contributed by atoms with van der Waals surface area (Å²) in [7, 11) is 0. The fraction of sp³-hybridized carbons (Fsp3) is 0.222. The molecule has 1 atom stereocenters. The fourth-order valence-electron chi connectivity index (χ4n) is 2.21. The Hall–Kier alpha value is -2.82. The molecule has 0 radical (unpaired) electrons. The zero-order chi connectivity index (χ0) is 16.1. The number of cyclic esters (lactones) is 1. The molecular weight excluding hydrogens is 296 g/mol. The van der Waals surface area contributed by atoms with Crippen LogP contribution >= 0.6 is 0 Å². The fourth-order valence-corrected chi connectivity index (χ4v) is 2.21. The molecule has 2 aromatic carbocycles. The molecule has 23 heavy (non-hydrogen) atoms. The molecule has 1 aliphatic heterocycles. The maximum absolute atomic E-state index is 12.0. The average Bonchev–Trinajstić information content (AvgIpc) is 2.99. The number of ether oxygens (including phenoxy) is 3. The second-order valence-electron chi connectivity index (χ2n) is 5.15. The molecule has 5 nitrogen and oxygen atoms in total. The van der Waals surface area contributed by atoms with Gasteiger partial charge in [0, 0.05) is 6.42 Å². The van der Waals surface area contributed by atoms with Gasteiger partial charge in [-0.05, 0) is 29.8 Å². The maximum Gasteiger partial charge on any atom is 0.347 e. The van der Waals surface area contributed by atoms with Crippen molar-refractivity contribution in [2.75, 3.05) is 6.61 Å². The molecule has 0 N–H and O–H groups in total. The van der Waals surface area contributed by atoms with Crippen LogP contribution in [0, 0.1) is 0 Å². The van der Waals surface area contributed by atoms with Gasteiger partial charge in [-0.25, -0.2) is 9.59 Å². The molecule has 1 heterocycles. The standard InChI is InChI=1S/C18H16O5/c19-17(23-16-10-11-21-18(16)20)14-6-8-15(9-7-14)22-12-13-4-2-1-3-5-13/h1-9,16H,10-12H2/t16-/m0/s1. The van der Waals surface area contributed by atoms with Crippen LogP contribution in [0.2, 0.25) is 0 Å². The van der Waals surface area contributed by atoms with E-state index in [0.29, 0.717) is 30.9 Å². The van der Waals surface area contributed by atoms with E-state index in [4.69, 9.17) is 14.2 Å². The van der Waals surface area contributed by atoms with E-state index in [0.717, 1.165) is 5.56 Å². The third kappa shape index (κ3) is 3.88. The predicted molar refractivity (Wildman–Crippen MR) is 82.0 cm³/mol. The highest BCUT2D eigenvalue weighted by Gasteiger charge is 2.30. The van der Waals surface area contributed by atoms with Gasteiger partial charge in [-0.3, -0.25) is 0 Å². The number of hydrogen-bond acceptors (Lipinski definition) is 5. The Morgan fingerprint density at radius 1 is 1.09 bits per heavy atom. The lowest BCUT2D eigenvalue weighted by Gasteiger charge is -2.09. The molecule has 0 aliphatic carbocycles. The molecule has 0 aromatic heterocycles. The van der Waals surface area contributed by atoms with Crippen molar-refractivity contribution < 1.29 is 23.8 Å². The van der Waals surface area contributed by atoms with Crippen molar-refractivity contribution in [3.8, 4) is 5.75 Å². The van der Waals surface area contributed by atoms with Gasteiger partial charge in [-0.2, -0.15) is 0 Å². The minimum absolute atomic E-state index is 0.295. The highest BCUT2D eigenvalue weighted by atomic mass is 16.6. The van der Waals surface area contributed by atoms with E-state index < -0.39 is 18.0 Å². The lowest BCUT2D eigenvalue weighted by Crippen LogP contribution is -2.22. The Labute approximate surface area is 133 Å². The van der Waals surface area contributed by atoms with Crippen molar-refractivity contribution in [2.45, 2.75) is 19.1 Å². The zero-order valence-corrected chi connectivity index (χ0v) is 12.4. The summed E-state index contributed by atoms with van der Waals surface area (Å²) in [6.07, 6.45) is -0.389. The largest absolute Gasteiger partial charge is 0.489 e. The van der Waals surface area contributed by atoms with Crippen LogP contribution in [-0.4, -0.2) is 24.6 Å². The quantitative estimate of drug-likeness (QED) is 0.794. The maximum atomic E-state index is 12.0. The van der Waals surface area contributed by atoms with Crippen LogP contribution in [0.4, 0.5) is 0 Å². The lowest BCUT2D eigenvalue weighted by molar-refractivity contribution is -0.145. The van der Waals surface area contributed by atoms with Crippen LogP contribution in [0.3, 0.4) is 0 Å². The summed E-state index contributed by atoms with van der Waals surface area (Å²) in [6, 6.07) is 16.4. The summed E-state index contributed by atoms with van der Waals surface area (Å²) in [6.45, 7) is 0.752. The van der Waals surface area contributed by atoms with Gasteiger partial charge < -0.3 is 14.2 Å². The van der Waals surface area contributed by atoms with Gasteiger partial charge in [0.25, 0.3) is 0 Å². The normalized spacial score (nSPS) is 16.7. The van der Waals surface area contributed by atoms with Crippen LogP contribution < -0.4 is 4.74 Å². The molecule has 2 aromatic rings. The molecule has 1 fully saturated rings. The zero-order valence-electron chi connectivity index (χ0n) is 12.4. The van der Waals surface area contributed by atoms with Crippen LogP contribution in [0.1, 0.15) is 22.3 Å². The van der Waals surface area contributed by atoms with Crippen molar-refractivity contribution in [3.63, 3.8) is 0 Å². The second kappa shape index (κ2) is 6.96. The number of hydrogen-bond donors (Lipinski definition) is 0. The molecule has 1 saturated heterocycles. The van der Waals surface area contributed by atoms with Gasteiger partial charge >= 0.3 is 11.9 Å². The smallest absolute Gasteiger partial charge is 0.347 e. The van der Waals surface area contributed by atoms with E-state index in [-0.39, 0.29) is 0 Å². The first-order chi connectivity index (χ1) is 11.2. The number of carbonyl (C=O) groups is 2. The average molecular weight is 312 g/mol. The predicted octanol–water partition coefficient (Wildman–Crippen LogP) is 2.74. The lowest BCUT2D eigenvalue weighted by atomic mass is 10.2. The van der Waals surface area contributed by atoms with Gasteiger partial charge in [-0.1, -0.05) is 30.3 Å². The van der Waals surface area contributed by atoms with Crippen LogP contribution in [-0.2, 0) is 20.9 Å². The minimum atomic E-state index is -0.795. The number of benzene rings is 2. The van der Waals surface area contributed by atoms with Crippen LogP contribution in [0.25, 0.3) is 0 Å². The van der Waals surface area contributed by atoms with E-state index >= 15 is 0 Å². The van der Waals surface area contributed by atoms with Gasteiger partial charge in [0.2, 0.25) is 6.10 Å². The molecule has 1 aliphatic rings. The van der Waals surface area contributed by atoms with Crippen molar-refractivity contribution in [1.82, 2.24) is 0 Å². The van der Waals surface area contributed by atoms with Crippen molar-refractivity contribution in [3.05, 3.63) is 65.7 Å². The molecule has 3 rings (SSSR count). The van der Waals surface area contributed by atoms with Gasteiger partial charge in [-0.15, -0.1) is 0 Å². The van der Waals surface area contributed by atoms with E-state index in [1.165, 1.54) is 0 Å². The van der Waals surface area contributed by atoms with Gasteiger partial charge in [0.1, 0.15) is 12.4 Å². The van der Waals surface area contributed by atoms with E-state index in [1.54, 1.807) is 24.3 Å². The molecule has 0 spiro atoms. The second-order valence-corrected chi connectivity index (χ2v) is 5.15. The molecule has 0 bridgehead atoms. The van der Waals surface area contributed by atoms with Crippen molar-refractivity contribution >= 4 is 11.9 Å². The third-order valence-corrected chi connectivity index (χ3v) is 3.47. The SMILES string of the molecule is O=C(O[C@H]1CCOC1=O)c1ccc(OCc2ccccc2)cc1. The highest BCUT2D eigenvalue weighted by molar-refractivity contribution is 5.91. The number of rotatable bonds is 5. The first-order valence-corrected chi connectivity index (χ1v) is 7.37. The number of carbonyl (C=O) groups excluding carboxylic acids is 2. The first-order valence-electron chi connectivity index (χ1n) is 7.37. The summed E-state index contributed by atoms with van der Waals surface area (Å²) < 4.78 is 15.5. The van der Waals surface area contributed by atoms with Crippen molar-refractivity contribution in [2.24, 2.45) is 0 Å². The first kappa shape index (κ1) is 15.1. The Kier molecular flexibility index (Phi) is 4.57. The number of esters is 2. The topological polar surface area (TPSA) is 61.8 Å². The summed E-state index contributed by atoms with van der Waals surface area (Å²) in [4.78, 5) is 23.3. The van der Waals surface area contributed by atoms with Gasteiger partial charge in [0.05, 0.1) is 12.2 Å². The van der Waals surface area contributed by atoms with Gasteiger partial charge in [0.15, 0.2) is 0 Å². The Morgan fingerprint density at radius 2 is 1.83 bits per heavy atom. The summed E-state index contributed by atoms with van der Waals surface area (Å²) >= 11 is 0. The Balaban J connectivity index is 1.56.